The number of aromatic nitrogens is 2. The molecule has 0 N–H and O–H groups in total. The zero-order valence-corrected chi connectivity index (χ0v) is 14.8. The zero-order chi connectivity index (χ0) is 17.2. The minimum atomic E-state index is 0.462. The third-order valence-electron chi connectivity index (χ3n) is 5.03. The van der Waals surface area contributed by atoms with E-state index in [-0.39, 0.29) is 0 Å². The molecule has 1 saturated heterocycles. The molecule has 4 nitrogen and oxygen atoms in total. The van der Waals surface area contributed by atoms with E-state index < -0.39 is 0 Å². The van der Waals surface area contributed by atoms with Gasteiger partial charge < -0.3 is 4.42 Å². The molecule has 0 radical (unpaired) electrons. The Bertz CT molecular complexity index is 865. The van der Waals surface area contributed by atoms with Crippen molar-refractivity contribution in [1.29, 1.82) is 0 Å². The van der Waals surface area contributed by atoms with Crippen molar-refractivity contribution in [3.05, 3.63) is 60.0 Å². The minimum absolute atomic E-state index is 0.462. The van der Waals surface area contributed by atoms with Crippen LogP contribution >= 0.6 is 0 Å². The summed E-state index contributed by atoms with van der Waals surface area (Å²) in [6, 6.07) is 17.6. The normalized spacial score (nSPS) is 16.2. The predicted molar refractivity (Wildman–Crippen MR) is 99.1 cm³/mol. The van der Waals surface area contributed by atoms with Crippen molar-refractivity contribution in [3.63, 3.8) is 0 Å². The second-order valence-corrected chi connectivity index (χ2v) is 6.75. The summed E-state index contributed by atoms with van der Waals surface area (Å²) in [5, 5.41) is 8.05. The first-order chi connectivity index (χ1) is 12.2. The van der Waals surface area contributed by atoms with Crippen LogP contribution in [0.1, 0.15) is 37.3 Å². The van der Waals surface area contributed by atoms with Crippen LogP contribution in [0.25, 0.3) is 22.6 Å². The van der Waals surface area contributed by atoms with Gasteiger partial charge in [-0.25, -0.2) is 0 Å². The monoisotopic (exact) mass is 333 g/mol. The van der Waals surface area contributed by atoms with E-state index in [0.717, 1.165) is 5.56 Å². The van der Waals surface area contributed by atoms with Gasteiger partial charge in [0, 0.05) is 18.5 Å². The molecule has 0 aliphatic carbocycles. The SMILES string of the molecule is Cc1nnc(-c2cccc(-c3cccc(C(C)N4CCCC4)c3)c2)o1. The Morgan fingerprint density at radius 3 is 2.32 bits per heavy atom. The van der Waals surface area contributed by atoms with Gasteiger partial charge in [0.15, 0.2) is 0 Å². The fourth-order valence-corrected chi connectivity index (χ4v) is 3.56. The van der Waals surface area contributed by atoms with Crippen molar-refractivity contribution in [2.45, 2.75) is 32.7 Å². The molecule has 0 saturated carbocycles. The fourth-order valence-electron chi connectivity index (χ4n) is 3.56. The highest BCUT2D eigenvalue weighted by atomic mass is 16.4. The van der Waals surface area contributed by atoms with Crippen LogP contribution < -0.4 is 0 Å². The van der Waals surface area contributed by atoms with Crippen molar-refractivity contribution >= 4 is 0 Å². The second kappa shape index (κ2) is 6.81. The molecule has 128 valence electrons. The summed E-state index contributed by atoms with van der Waals surface area (Å²) in [6.07, 6.45) is 2.63. The molecule has 1 aliphatic heterocycles. The molecule has 1 unspecified atom stereocenters. The van der Waals surface area contributed by atoms with Crippen molar-refractivity contribution in [2.24, 2.45) is 0 Å². The minimum Gasteiger partial charge on any atom is -0.421 e. The molecular formula is C21H23N3O. The lowest BCUT2D eigenvalue weighted by Gasteiger charge is -2.24. The van der Waals surface area contributed by atoms with Crippen molar-refractivity contribution in [1.82, 2.24) is 15.1 Å². The van der Waals surface area contributed by atoms with Crippen LogP contribution in [-0.2, 0) is 0 Å². The topological polar surface area (TPSA) is 42.2 Å². The molecule has 25 heavy (non-hydrogen) atoms. The number of nitrogens with zero attached hydrogens (tertiary/aromatic N) is 3. The van der Waals surface area contributed by atoms with Gasteiger partial charge in [-0.2, -0.15) is 0 Å². The molecule has 4 heteroatoms. The molecule has 3 aromatic rings. The lowest BCUT2D eigenvalue weighted by molar-refractivity contribution is 0.263. The summed E-state index contributed by atoms with van der Waals surface area (Å²) in [6.45, 7) is 6.53. The van der Waals surface area contributed by atoms with E-state index in [1.165, 1.54) is 42.6 Å². The molecular weight excluding hydrogens is 310 g/mol. The number of rotatable bonds is 4. The van der Waals surface area contributed by atoms with E-state index in [4.69, 9.17) is 4.42 Å². The van der Waals surface area contributed by atoms with Crippen molar-refractivity contribution in [3.8, 4) is 22.6 Å². The smallest absolute Gasteiger partial charge is 0.247 e. The maximum Gasteiger partial charge on any atom is 0.247 e. The Kier molecular flexibility index (Phi) is 4.36. The zero-order valence-electron chi connectivity index (χ0n) is 14.8. The Labute approximate surface area is 148 Å². The highest BCUT2D eigenvalue weighted by Gasteiger charge is 2.19. The first-order valence-corrected chi connectivity index (χ1v) is 8.95. The maximum absolute atomic E-state index is 5.56. The Morgan fingerprint density at radius 2 is 1.60 bits per heavy atom. The fraction of sp³-hybridized carbons (Fsp3) is 0.333. The molecule has 1 aromatic heterocycles. The molecule has 1 fully saturated rings. The van der Waals surface area contributed by atoms with Gasteiger partial charge in [0.2, 0.25) is 11.8 Å². The molecule has 2 heterocycles. The van der Waals surface area contributed by atoms with E-state index >= 15 is 0 Å². The lowest BCUT2D eigenvalue weighted by atomic mass is 9.98. The maximum atomic E-state index is 5.56. The quantitative estimate of drug-likeness (QED) is 0.683. The first kappa shape index (κ1) is 16.0. The molecule has 1 atom stereocenters. The van der Waals surface area contributed by atoms with Crippen LogP contribution in [0.5, 0.6) is 0 Å². The number of hydrogen-bond donors (Lipinski definition) is 0. The summed E-state index contributed by atoms with van der Waals surface area (Å²) in [5.41, 5.74) is 4.72. The summed E-state index contributed by atoms with van der Waals surface area (Å²) in [7, 11) is 0. The average molecular weight is 333 g/mol. The lowest BCUT2D eigenvalue weighted by Crippen LogP contribution is -2.23. The summed E-state index contributed by atoms with van der Waals surface area (Å²) < 4.78 is 5.56. The van der Waals surface area contributed by atoms with Crippen LogP contribution in [-0.4, -0.2) is 28.2 Å². The van der Waals surface area contributed by atoms with E-state index in [1.54, 1.807) is 0 Å². The number of likely N-dealkylation sites (tertiary alicyclic amines) is 1. The molecule has 2 aromatic carbocycles. The standard InChI is InChI=1S/C21H23N3O/c1-15(24-11-3-4-12-24)17-7-5-8-18(13-17)19-9-6-10-20(14-19)21-23-22-16(2)25-21/h5-10,13-15H,3-4,11-12H2,1-2H3. The predicted octanol–water partition coefficient (Wildman–Crippen LogP) is 4.87. The highest BCUT2D eigenvalue weighted by Crippen LogP contribution is 2.30. The van der Waals surface area contributed by atoms with Gasteiger partial charge in [-0.15, -0.1) is 10.2 Å². The van der Waals surface area contributed by atoms with Crippen LogP contribution in [0.3, 0.4) is 0 Å². The Balaban J connectivity index is 1.64. The van der Waals surface area contributed by atoms with Gasteiger partial charge in [0.25, 0.3) is 0 Å². The Hall–Kier alpha value is -2.46. The average Bonchev–Trinajstić information content (AvgIpc) is 3.33. The largest absolute Gasteiger partial charge is 0.421 e. The summed E-state index contributed by atoms with van der Waals surface area (Å²) in [4.78, 5) is 2.57. The van der Waals surface area contributed by atoms with Crippen LogP contribution in [0.2, 0.25) is 0 Å². The van der Waals surface area contributed by atoms with Crippen LogP contribution in [0, 0.1) is 6.92 Å². The number of benzene rings is 2. The summed E-state index contributed by atoms with van der Waals surface area (Å²) in [5.74, 6) is 1.16. The molecule has 0 bridgehead atoms. The van der Waals surface area contributed by atoms with Gasteiger partial charge in [-0.1, -0.05) is 30.3 Å². The van der Waals surface area contributed by atoms with Crippen LogP contribution in [0.4, 0.5) is 0 Å². The molecule has 1 aliphatic rings. The molecule has 0 amide bonds. The Morgan fingerprint density at radius 1 is 0.920 bits per heavy atom. The van der Waals surface area contributed by atoms with Gasteiger partial charge >= 0.3 is 0 Å². The first-order valence-electron chi connectivity index (χ1n) is 8.95. The van der Waals surface area contributed by atoms with Gasteiger partial charge in [-0.3, -0.25) is 4.90 Å². The van der Waals surface area contributed by atoms with Gasteiger partial charge in [0.1, 0.15) is 0 Å². The summed E-state index contributed by atoms with van der Waals surface area (Å²) >= 11 is 0. The van der Waals surface area contributed by atoms with Gasteiger partial charge in [-0.05, 0) is 67.7 Å². The molecule has 4 rings (SSSR count). The van der Waals surface area contributed by atoms with Crippen LogP contribution in [0.15, 0.2) is 52.9 Å². The van der Waals surface area contributed by atoms with E-state index in [9.17, 15) is 0 Å². The van der Waals surface area contributed by atoms with E-state index in [2.05, 4.69) is 58.4 Å². The van der Waals surface area contributed by atoms with Crippen molar-refractivity contribution < 1.29 is 4.42 Å². The van der Waals surface area contributed by atoms with Crippen molar-refractivity contribution in [2.75, 3.05) is 13.1 Å². The number of aryl methyl sites for hydroxylation is 1. The third kappa shape index (κ3) is 3.35. The number of hydrogen-bond acceptors (Lipinski definition) is 4. The second-order valence-electron chi connectivity index (χ2n) is 6.75. The van der Waals surface area contributed by atoms with Gasteiger partial charge in [0.05, 0.1) is 0 Å². The van der Waals surface area contributed by atoms with E-state index in [0.29, 0.717) is 17.8 Å². The third-order valence-corrected chi connectivity index (χ3v) is 5.03. The highest BCUT2D eigenvalue weighted by molar-refractivity contribution is 5.70. The molecule has 0 spiro atoms. The van der Waals surface area contributed by atoms with E-state index in [1.807, 2.05) is 19.1 Å².